The Morgan fingerprint density at radius 1 is 1.45 bits per heavy atom. The molecule has 0 bridgehead atoms. The van der Waals surface area contributed by atoms with Crippen LogP contribution in [0.15, 0.2) is 18.2 Å². The Morgan fingerprint density at radius 3 is 2.90 bits per heavy atom. The first-order valence-corrected chi connectivity index (χ1v) is 6.79. The number of ether oxygens (including phenoxy) is 2. The summed E-state index contributed by atoms with van der Waals surface area (Å²) < 4.78 is 10.4. The highest BCUT2D eigenvalue weighted by Gasteiger charge is 2.30. The largest absolute Gasteiger partial charge is 0.496 e. The van der Waals surface area contributed by atoms with Crippen molar-refractivity contribution in [1.82, 2.24) is 4.90 Å². The van der Waals surface area contributed by atoms with Crippen molar-refractivity contribution in [2.75, 3.05) is 27.4 Å². The molecule has 1 heterocycles. The van der Waals surface area contributed by atoms with Crippen LogP contribution in [0.1, 0.15) is 28.8 Å². The summed E-state index contributed by atoms with van der Waals surface area (Å²) in [6.45, 7) is 1.19. The molecule has 0 saturated carbocycles. The van der Waals surface area contributed by atoms with Crippen LogP contribution >= 0.6 is 0 Å². The minimum absolute atomic E-state index is 0.0586. The number of aliphatic hydroxyl groups is 1. The van der Waals surface area contributed by atoms with Crippen LogP contribution in [-0.4, -0.2) is 49.3 Å². The number of nitrogens with zero attached hydrogens (tertiary/aromatic N) is 1. The van der Waals surface area contributed by atoms with Crippen molar-refractivity contribution < 1.29 is 19.4 Å². The summed E-state index contributed by atoms with van der Waals surface area (Å²) >= 11 is 0. The van der Waals surface area contributed by atoms with Gasteiger partial charge in [0.2, 0.25) is 0 Å². The molecule has 1 aromatic carbocycles. The third kappa shape index (κ3) is 2.94. The molecule has 1 saturated heterocycles. The number of hydrogen-bond acceptors (Lipinski definition) is 4. The second-order valence-corrected chi connectivity index (χ2v) is 4.94. The summed E-state index contributed by atoms with van der Waals surface area (Å²) in [5, 5.41) is 9.22. The number of likely N-dealkylation sites (tertiary alicyclic amines) is 1. The average Bonchev–Trinajstić information content (AvgIpc) is 2.94. The summed E-state index contributed by atoms with van der Waals surface area (Å²) in [6.07, 6.45) is 1.95. The number of methoxy groups -OCH3 is 2. The summed E-state index contributed by atoms with van der Waals surface area (Å²) in [4.78, 5) is 14.5. The lowest BCUT2D eigenvalue weighted by Gasteiger charge is -2.25. The maximum Gasteiger partial charge on any atom is 0.257 e. The van der Waals surface area contributed by atoms with Gasteiger partial charge in [-0.2, -0.15) is 0 Å². The topological polar surface area (TPSA) is 59.0 Å². The minimum atomic E-state index is -0.0915. The van der Waals surface area contributed by atoms with E-state index in [2.05, 4.69) is 0 Å². The number of rotatable bonds is 5. The van der Waals surface area contributed by atoms with E-state index in [0.29, 0.717) is 23.5 Å². The van der Waals surface area contributed by atoms with Gasteiger partial charge in [-0.1, -0.05) is 6.07 Å². The Labute approximate surface area is 119 Å². The van der Waals surface area contributed by atoms with Crippen molar-refractivity contribution in [3.05, 3.63) is 29.3 Å². The van der Waals surface area contributed by atoms with Gasteiger partial charge in [-0.3, -0.25) is 4.79 Å². The number of hydrogen-bond donors (Lipinski definition) is 1. The van der Waals surface area contributed by atoms with Crippen LogP contribution in [0.2, 0.25) is 0 Å². The van der Waals surface area contributed by atoms with Gasteiger partial charge in [-0.05, 0) is 30.5 Å². The molecule has 0 unspecified atom stereocenters. The molecule has 0 aromatic heterocycles. The second-order valence-electron chi connectivity index (χ2n) is 4.94. The van der Waals surface area contributed by atoms with Gasteiger partial charge in [0, 0.05) is 13.7 Å². The van der Waals surface area contributed by atoms with E-state index in [9.17, 15) is 9.90 Å². The van der Waals surface area contributed by atoms with Gasteiger partial charge in [0.05, 0.1) is 31.9 Å². The Hall–Kier alpha value is -1.59. The molecule has 1 aliphatic heterocycles. The smallest absolute Gasteiger partial charge is 0.257 e. The number of carbonyl (C=O) groups excluding carboxylic acids is 1. The van der Waals surface area contributed by atoms with Crippen molar-refractivity contribution >= 4 is 5.91 Å². The average molecular weight is 279 g/mol. The van der Waals surface area contributed by atoms with Crippen molar-refractivity contribution in [2.24, 2.45) is 0 Å². The third-order valence-electron chi connectivity index (χ3n) is 3.67. The first-order chi connectivity index (χ1) is 9.71. The zero-order chi connectivity index (χ0) is 14.5. The standard InChI is InChI=1S/C15H21NO4/c1-19-10-12-4-3-7-16(12)15(18)13-8-11(9-17)5-6-14(13)20-2/h5-6,8,12,17H,3-4,7,9-10H2,1-2H3/t12-/m0/s1. The molecule has 5 heteroatoms. The third-order valence-corrected chi connectivity index (χ3v) is 3.67. The van der Waals surface area contributed by atoms with E-state index in [1.54, 1.807) is 32.4 Å². The molecule has 1 atom stereocenters. The van der Waals surface area contributed by atoms with Crippen LogP contribution in [0.3, 0.4) is 0 Å². The molecule has 0 aliphatic carbocycles. The van der Waals surface area contributed by atoms with Gasteiger partial charge >= 0.3 is 0 Å². The molecule has 0 radical (unpaired) electrons. The fourth-order valence-corrected chi connectivity index (χ4v) is 2.64. The quantitative estimate of drug-likeness (QED) is 0.886. The zero-order valence-corrected chi connectivity index (χ0v) is 12.0. The first-order valence-electron chi connectivity index (χ1n) is 6.79. The monoisotopic (exact) mass is 279 g/mol. The van der Waals surface area contributed by atoms with Crippen LogP contribution in [-0.2, 0) is 11.3 Å². The Kier molecular flexibility index (Phi) is 4.98. The number of amides is 1. The van der Waals surface area contributed by atoms with E-state index in [-0.39, 0.29) is 18.6 Å². The lowest BCUT2D eigenvalue weighted by molar-refractivity contribution is 0.0627. The van der Waals surface area contributed by atoms with Crippen molar-refractivity contribution in [1.29, 1.82) is 0 Å². The number of carbonyl (C=O) groups is 1. The summed E-state index contributed by atoms with van der Waals surface area (Å²) in [5.74, 6) is 0.479. The maximum atomic E-state index is 12.7. The Balaban J connectivity index is 2.27. The molecule has 0 spiro atoms. The lowest BCUT2D eigenvalue weighted by atomic mass is 10.1. The number of benzene rings is 1. The zero-order valence-electron chi connectivity index (χ0n) is 12.0. The van der Waals surface area contributed by atoms with Gasteiger partial charge in [0.25, 0.3) is 5.91 Å². The minimum Gasteiger partial charge on any atom is -0.496 e. The van der Waals surface area contributed by atoms with Crippen molar-refractivity contribution in [2.45, 2.75) is 25.5 Å². The highest BCUT2D eigenvalue weighted by Crippen LogP contribution is 2.26. The summed E-state index contributed by atoms with van der Waals surface area (Å²) in [6, 6.07) is 5.30. The van der Waals surface area contributed by atoms with Gasteiger partial charge in [-0.25, -0.2) is 0 Å². The van der Waals surface area contributed by atoms with Crippen LogP contribution < -0.4 is 4.74 Å². The van der Waals surface area contributed by atoms with Gasteiger partial charge in [0.15, 0.2) is 0 Å². The van der Waals surface area contributed by atoms with E-state index in [1.165, 1.54) is 0 Å². The lowest BCUT2D eigenvalue weighted by Crippen LogP contribution is -2.38. The predicted molar refractivity (Wildman–Crippen MR) is 74.9 cm³/mol. The molecule has 1 fully saturated rings. The molecule has 20 heavy (non-hydrogen) atoms. The first kappa shape index (κ1) is 14.8. The molecular formula is C15H21NO4. The Bertz CT molecular complexity index is 475. The van der Waals surface area contributed by atoms with Gasteiger partial charge in [-0.15, -0.1) is 0 Å². The van der Waals surface area contributed by atoms with E-state index < -0.39 is 0 Å². The molecule has 1 aliphatic rings. The van der Waals surface area contributed by atoms with E-state index >= 15 is 0 Å². The summed E-state index contributed by atoms with van der Waals surface area (Å²) in [7, 11) is 3.19. The van der Waals surface area contributed by atoms with Crippen molar-refractivity contribution in [3.63, 3.8) is 0 Å². The van der Waals surface area contributed by atoms with Crippen molar-refractivity contribution in [3.8, 4) is 5.75 Å². The Morgan fingerprint density at radius 2 is 2.25 bits per heavy atom. The van der Waals surface area contributed by atoms with E-state index in [0.717, 1.165) is 19.4 Å². The van der Waals surface area contributed by atoms with Crippen LogP contribution in [0.25, 0.3) is 0 Å². The molecular weight excluding hydrogens is 258 g/mol. The molecule has 1 aromatic rings. The molecule has 110 valence electrons. The fraction of sp³-hybridized carbons (Fsp3) is 0.533. The highest BCUT2D eigenvalue weighted by molar-refractivity contribution is 5.97. The maximum absolute atomic E-state index is 12.7. The van der Waals surface area contributed by atoms with E-state index in [1.807, 2.05) is 4.90 Å². The van der Waals surface area contributed by atoms with Crippen LogP contribution in [0, 0.1) is 0 Å². The molecule has 5 nitrogen and oxygen atoms in total. The SMILES string of the molecule is COC[C@@H]1CCCN1C(=O)c1cc(CO)ccc1OC. The number of aliphatic hydroxyl groups excluding tert-OH is 1. The normalized spacial score (nSPS) is 18.4. The van der Waals surface area contributed by atoms with Crippen LogP contribution in [0.4, 0.5) is 0 Å². The summed E-state index contributed by atoms with van der Waals surface area (Å²) in [5.41, 5.74) is 1.21. The predicted octanol–water partition coefficient (Wildman–Crippen LogP) is 1.44. The fourth-order valence-electron chi connectivity index (χ4n) is 2.64. The highest BCUT2D eigenvalue weighted by atomic mass is 16.5. The molecule has 1 N–H and O–H groups in total. The van der Waals surface area contributed by atoms with Gasteiger partial charge in [0.1, 0.15) is 5.75 Å². The second kappa shape index (κ2) is 6.72. The van der Waals surface area contributed by atoms with E-state index in [4.69, 9.17) is 9.47 Å². The van der Waals surface area contributed by atoms with Gasteiger partial charge < -0.3 is 19.5 Å². The molecule has 2 rings (SSSR count). The molecule has 1 amide bonds. The van der Waals surface area contributed by atoms with Crippen LogP contribution in [0.5, 0.6) is 5.75 Å².